The van der Waals surface area contributed by atoms with Crippen LogP contribution in [-0.2, 0) is 0 Å². The van der Waals surface area contributed by atoms with Gasteiger partial charge in [-0.05, 0) is 77.5 Å². The number of piperidine rings is 2. The number of hydrogen-bond acceptors (Lipinski definition) is 2. The first kappa shape index (κ1) is 27.1. The normalized spacial score (nSPS) is 30.0. The minimum atomic E-state index is 0. The fraction of sp³-hybridized carbons (Fsp3) is 1.00. The lowest BCUT2D eigenvalue weighted by Gasteiger charge is -2.43. The molecule has 0 aromatic heterocycles. The molecule has 6 heteroatoms. The van der Waals surface area contributed by atoms with Crippen molar-refractivity contribution in [1.82, 2.24) is 9.80 Å². The summed E-state index contributed by atoms with van der Waals surface area (Å²) in [5, 5.41) is 0. The van der Waals surface area contributed by atoms with Gasteiger partial charge in [0.05, 0.1) is 0 Å². The van der Waals surface area contributed by atoms with Crippen LogP contribution in [0.25, 0.3) is 0 Å². The zero-order chi connectivity index (χ0) is 12.2. The highest BCUT2D eigenvalue weighted by atomic mass is 127. The van der Waals surface area contributed by atoms with E-state index in [0.717, 1.165) is 12.1 Å². The predicted octanol–water partition coefficient (Wildman–Crippen LogP) is 5.74. The van der Waals surface area contributed by atoms with Crippen LogP contribution in [0.2, 0.25) is 0 Å². The van der Waals surface area contributed by atoms with Crippen LogP contribution < -0.4 is 0 Å². The second-order valence-corrected chi connectivity index (χ2v) is 6.66. The zero-order valence-corrected chi connectivity index (χ0v) is 22.9. The molecule has 2 heterocycles. The van der Waals surface area contributed by atoms with Gasteiger partial charge < -0.3 is 9.80 Å². The van der Waals surface area contributed by atoms with Gasteiger partial charge in [-0.2, -0.15) is 0 Å². The van der Waals surface area contributed by atoms with Crippen molar-refractivity contribution < 1.29 is 0 Å². The molecule has 0 aromatic carbocycles. The van der Waals surface area contributed by atoms with Gasteiger partial charge in [0, 0.05) is 12.1 Å². The van der Waals surface area contributed by atoms with Crippen LogP contribution in [0.1, 0.15) is 64.2 Å². The Balaban J connectivity index is 0. The summed E-state index contributed by atoms with van der Waals surface area (Å²) in [5.74, 6) is 0. The summed E-state index contributed by atoms with van der Waals surface area (Å²) in [7, 11) is 0. The topological polar surface area (TPSA) is 6.48 Å². The van der Waals surface area contributed by atoms with Crippen LogP contribution in [0.4, 0.5) is 0 Å². The number of halogens is 4. The highest BCUT2D eigenvalue weighted by Gasteiger charge is 2.29. The summed E-state index contributed by atoms with van der Waals surface area (Å²) in [6, 6.07) is 1.87. The van der Waals surface area contributed by atoms with E-state index in [1.54, 1.807) is 0 Å². The van der Waals surface area contributed by atoms with Crippen molar-refractivity contribution in [3.63, 3.8) is 0 Å². The Morgan fingerprint density at radius 3 is 0.955 bits per heavy atom. The number of rotatable bonds is 2. The fourth-order valence-electron chi connectivity index (χ4n) is 4.36. The highest BCUT2D eigenvalue weighted by Crippen LogP contribution is 2.29. The van der Waals surface area contributed by atoms with Crippen molar-refractivity contribution in [2.24, 2.45) is 0 Å². The maximum Gasteiger partial charge on any atom is 0.00964 e. The first-order valence-corrected chi connectivity index (χ1v) is 8.41. The van der Waals surface area contributed by atoms with Crippen molar-refractivity contribution in [1.29, 1.82) is 0 Å². The van der Waals surface area contributed by atoms with Crippen molar-refractivity contribution in [3.8, 4) is 0 Å². The molecule has 1 saturated carbocycles. The molecule has 0 atom stereocenters. The molecule has 0 unspecified atom stereocenters. The van der Waals surface area contributed by atoms with E-state index >= 15 is 0 Å². The third kappa shape index (κ3) is 8.03. The van der Waals surface area contributed by atoms with E-state index in [0.29, 0.717) is 0 Å². The summed E-state index contributed by atoms with van der Waals surface area (Å²) >= 11 is 0. The van der Waals surface area contributed by atoms with Crippen LogP contribution in [0.15, 0.2) is 0 Å². The van der Waals surface area contributed by atoms with Gasteiger partial charge in [-0.1, -0.05) is 12.8 Å². The van der Waals surface area contributed by atoms with Crippen LogP contribution in [0, 0.1) is 0 Å². The molecule has 3 fully saturated rings. The summed E-state index contributed by atoms with van der Waals surface area (Å²) < 4.78 is 0. The smallest absolute Gasteiger partial charge is 0.00964 e. The quantitative estimate of drug-likeness (QED) is 0.332. The van der Waals surface area contributed by atoms with Crippen LogP contribution in [0.5, 0.6) is 0 Å². The molecule has 2 nitrogen and oxygen atoms in total. The first-order chi connectivity index (χ1) is 8.93. The van der Waals surface area contributed by atoms with Gasteiger partial charge >= 0.3 is 0 Å². The summed E-state index contributed by atoms with van der Waals surface area (Å²) in [4.78, 5) is 5.60. The molecule has 0 N–H and O–H groups in total. The van der Waals surface area contributed by atoms with Crippen molar-refractivity contribution in [2.45, 2.75) is 76.3 Å². The van der Waals surface area contributed by atoms with E-state index in [1.807, 2.05) is 0 Å². The highest BCUT2D eigenvalue weighted by molar-refractivity contribution is 14.0. The molecular weight excluding hydrogens is 728 g/mol. The summed E-state index contributed by atoms with van der Waals surface area (Å²) in [6.07, 6.45) is 14.6. The molecule has 0 radical (unpaired) electrons. The van der Waals surface area contributed by atoms with Crippen LogP contribution in [0.3, 0.4) is 0 Å². The minimum absolute atomic E-state index is 0. The standard InChI is InChI=1S/C16H30N2.4HI/c1-3-11-17(12-4-1)15-7-9-16(10-8-15)18-13-5-2-6-14-18;;;;/h15-16H,1-14H2;4*1H. The Hall–Kier alpha value is 2.84. The molecule has 3 aliphatic rings. The summed E-state index contributed by atoms with van der Waals surface area (Å²) in [6.45, 7) is 5.55. The van der Waals surface area contributed by atoms with Gasteiger partial charge in [0.25, 0.3) is 0 Å². The molecule has 3 rings (SSSR count). The Morgan fingerprint density at radius 2 is 0.682 bits per heavy atom. The van der Waals surface area contributed by atoms with Crippen molar-refractivity contribution in [2.75, 3.05) is 26.2 Å². The lowest BCUT2D eigenvalue weighted by atomic mass is 9.87. The van der Waals surface area contributed by atoms with Crippen LogP contribution >= 0.6 is 95.9 Å². The number of hydrogen-bond donors (Lipinski definition) is 0. The van der Waals surface area contributed by atoms with E-state index in [4.69, 9.17) is 0 Å². The Bertz CT molecular complexity index is 223. The largest absolute Gasteiger partial charge is 0.300 e. The monoisotopic (exact) mass is 762 g/mol. The van der Waals surface area contributed by atoms with Gasteiger partial charge in [0.15, 0.2) is 0 Å². The van der Waals surface area contributed by atoms with Gasteiger partial charge in [-0.15, -0.1) is 95.9 Å². The van der Waals surface area contributed by atoms with Gasteiger partial charge in [0.2, 0.25) is 0 Å². The zero-order valence-electron chi connectivity index (χ0n) is 13.6. The SMILES string of the molecule is C1CCN(C2CCC(N3CCCCC3)CC2)CC1.I.I.I.I. The molecular formula is C16H34I4N2. The van der Waals surface area contributed by atoms with Gasteiger partial charge in [0.1, 0.15) is 0 Å². The predicted molar refractivity (Wildman–Crippen MR) is 139 cm³/mol. The lowest BCUT2D eigenvalue weighted by Crippen LogP contribution is -2.46. The maximum absolute atomic E-state index is 2.80. The molecule has 0 bridgehead atoms. The number of likely N-dealkylation sites (tertiary alicyclic amines) is 2. The van der Waals surface area contributed by atoms with E-state index in [1.165, 1.54) is 90.4 Å². The molecule has 0 aromatic rings. The van der Waals surface area contributed by atoms with E-state index in [2.05, 4.69) is 9.80 Å². The molecule has 2 saturated heterocycles. The van der Waals surface area contributed by atoms with Gasteiger partial charge in [-0.3, -0.25) is 0 Å². The molecule has 22 heavy (non-hydrogen) atoms. The second kappa shape index (κ2) is 15.0. The molecule has 136 valence electrons. The fourth-order valence-corrected chi connectivity index (χ4v) is 4.36. The molecule has 1 aliphatic carbocycles. The number of nitrogens with zero attached hydrogens (tertiary/aromatic N) is 2. The average Bonchev–Trinajstić information content (AvgIpc) is 2.49. The van der Waals surface area contributed by atoms with Gasteiger partial charge in [-0.25, -0.2) is 0 Å². The molecule has 2 aliphatic heterocycles. The lowest BCUT2D eigenvalue weighted by molar-refractivity contribution is 0.0743. The Kier molecular flexibility index (Phi) is 18.4. The third-order valence-electron chi connectivity index (χ3n) is 5.48. The maximum atomic E-state index is 2.80. The Morgan fingerprint density at radius 1 is 0.409 bits per heavy atom. The molecule has 0 spiro atoms. The van der Waals surface area contributed by atoms with Crippen molar-refractivity contribution in [3.05, 3.63) is 0 Å². The first-order valence-electron chi connectivity index (χ1n) is 8.41. The van der Waals surface area contributed by atoms with E-state index in [-0.39, 0.29) is 95.9 Å². The molecule has 0 amide bonds. The summed E-state index contributed by atoms with van der Waals surface area (Å²) in [5.41, 5.74) is 0. The third-order valence-corrected chi connectivity index (χ3v) is 5.48. The minimum Gasteiger partial charge on any atom is -0.300 e. The average molecular weight is 762 g/mol. The van der Waals surface area contributed by atoms with E-state index < -0.39 is 0 Å². The van der Waals surface area contributed by atoms with Crippen molar-refractivity contribution >= 4 is 95.9 Å². The van der Waals surface area contributed by atoms with Crippen LogP contribution in [-0.4, -0.2) is 48.1 Å². The second-order valence-electron chi connectivity index (χ2n) is 6.66. The Labute approximate surface area is 205 Å². The van der Waals surface area contributed by atoms with E-state index in [9.17, 15) is 0 Å².